The maximum atomic E-state index is 12.8. The number of ether oxygens (including phenoxy) is 1. The lowest BCUT2D eigenvalue weighted by Crippen LogP contribution is -2.48. The molecular formula is C22H33N5O2. The Kier molecular flexibility index (Phi) is 7.25. The minimum absolute atomic E-state index is 0.0347. The van der Waals surface area contributed by atoms with Gasteiger partial charge in [0.15, 0.2) is 0 Å². The number of nitrogens with one attached hydrogen (secondary N) is 1. The van der Waals surface area contributed by atoms with Gasteiger partial charge >= 0.3 is 0 Å². The van der Waals surface area contributed by atoms with Crippen molar-refractivity contribution in [3.8, 4) is 5.75 Å². The first-order chi connectivity index (χ1) is 13.9. The summed E-state index contributed by atoms with van der Waals surface area (Å²) in [5.41, 5.74) is 0.971. The van der Waals surface area contributed by atoms with Gasteiger partial charge in [0.05, 0.1) is 25.3 Å². The number of nitrogens with zero attached hydrogens (tertiary/aromatic N) is 4. The van der Waals surface area contributed by atoms with Crippen LogP contribution in [0.4, 0.5) is 0 Å². The Balaban J connectivity index is 1.64. The first-order valence-electron chi connectivity index (χ1n) is 10.4. The van der Waals surface area contributed by atoms with Gasteiger partial charge in [-0.2, -0.15) is 0 Å². The molecule has 0 radical (unpaired) electrons. The zero-order valence-electron chi connectivity index (χ0n) is 18.0. The van der Waals surface area contributed by atoms with Crippen LogP contribution in [0.15, 0.2) is 30.7 Å². The van der Waals surface area contributed by atoms with E-state index in [0.717, 1.165) is 43.3 Å². The molecule has 0 aliphatic carbocycles. The zero-order chi connectivity index (χ0) is 20.8. The molecule has 1 aliphatic rings. The quantitative estimate of drug-likeness (QED) is 0.738. The van der Waals surface area contributed by atoms with Gasteiger partial charge in [0.1, 0.15) is 11.6 Å². The smallest absolute Gasteiger partial charge is 0.224 e. The first-order valence-corrected chi connectivity index (χ1v) is 10.4. The van der Waals surface area contributed by atoms with Crippen molar-refractivity contribution >= 4 is 5.91 Å². The molecule has 7 heteroatoms. The number of hydrogen-bond acceptors (Lipinski definition) is 5. The van der Waals surface area contributed by atoms with Crippen molar-refractivity contribution in [3.63, 3.8) is 0 Å². The van der Waals surface area contributed by atoms with E-state index in [4.69, 9.17) is 4.74 Å². The lowest BCUT2D eigenvalue weighted by Gasteiger charge is -2.37. The van der Waals surface area contributed by atoms with Crippen LogP contribution in [0, 0.1) is 24.7 Å². The summed E-state index contributed by atoms with van der Waals surface area (Å²) in [5.74, 6) is 2.62. The topological polar surface area (TPSA) is 72.3 Å². The number of imidazole rings is 1. The number of aryl methyl sites for hydroxylation is 2. The molecule has 0 saturated carbocycles. The fraction of sp³-hybridized carbons (Fsp3) is 0.591. The van der Waals surface area contributed by atoms with E-state index < -0.39 is 0 Å². The highest BCUT2D eigenvalue weighted by atomic mass is 16.5. The van der Waals surface area contributed by atoms with Crippen molar-refractivity contribution in [2.45, 2.75) is 33.7 Å². The third-order valence-corrected chi connectivity index (χ3v) is 5.32. The molecule has 0 aromatic carbocycles. The second-order valence-electron chi connectivity index (χ2n) is 8.53. The van der Waals surface area contributed by atoms with Crippen LogP contribution in [0.1, 0.15) is 31.8 Å². The van der Waals surface area contributed by atoms with Crippen molar-refractivity contribution in [3.05, 3.63) is 42.2 Å². The molecule has 3 heterocycles. The highest BCUT2D eigenvalue weighted by molar-refractivity contribution is 5.79. The Hall–Kier alpha value is -2.41. The molecule has 2 aromatic rings. The van der Waals surface area contributed by atoms with Crippen LogP contribution in [-0.2, 0) is 18.4 Å². The van der Waals surface area contributed by atoms with Crippen LogP contribution in [0.5, 0.6) is 5.75 Å². The van der Waals surface area contributed by atoms with Gasteiger partial charge in [0.2, 0.25) is 5.91 Å². The third kappa shape index (κ3) is 6.29. The number of pyridine rings is 1. The molecule has 1 fully saturated rings. The van der Waals surface area contributed by atoms with Crippen LogP contribution >= 0.6 is 0 Å². The summed E-state index contributed by atoms with van der Waals surface area (Å²) < 4.78 is 8.03. The number of carbonyl (C=O) groups excluding carboxylic acids is 1. The number of amides is 1. The van der Waals surface area contributed by atoms with Gasteiger partial charge in [-0.25, -0.2) is 4.98 Å². The molecular weight excluding hydrogens is 366 g/mol. The van der Waals surface area contributed by atoms with E-state index in [1.165, 1.54) is 0 Å². The van der Waals surface area contributed by atoms with Crippen molar-refractivity contribution in [1.82, 2.24) is 24.8 Å². The van der Waals surface area contributed by atoms with Crippen LogP contribution in [-0.4, -0.2) is 51.6 Å². The Morgan fingerprint density at radius 2 is 2.14 bits per heavy atom. The predicted octanol–water partition coefficient (Wildman–Crippen LogP) is 2.41. The summed E-state index contributed by atoms with van der Waals surface area (Å²) >= 11 is 0. The number of rotatable bonds is 8. The van der Waals surface area contributed by atoms with Crippen molar-refractivity contribution in [1.29, 1.82) is 0 Å². The Morgan fingerprint density at radius 1 is 1.31 bits per heavy atom. The summed E-state index contributed by atoms with van der Waals surface area (Å²) in [6.45, 7) is 9.85. The molecule has 2 atom stereocenters. The van der Waals surface area contributed by atoms with E-state index in [0.29, 0.717) is 19.1 Å². The Bertz CT molecular complexity index is 787. The molecule has 3 rings (SSSR count). The standard InChI is InChI=1S/C22H33N5O2/c1-16(2)10-25-22(28)19-9-18(15-29-20-6-5-17(3)24-11-20)12-27(13-19)14-21-23-7-8-26(21)4/h5-8,11,16,18-19H,9-10,12-15H2,1-4H3,(H,25,28)/t18-,19+/m0/s1. The first kappa shape index (κ1) is 21.3. The second-order valence-corrected chi connectivity index (χ2v) is 8.53. The Morgan fingerprint density at radius 3 is 2.79 bits per heavy atom. The van der Waals surface area contributed by atoms with Crippen LogP contribution in [0.25, 0.3) is 0 Å². The van der Waals surface area contributed by atoms with Gasteiger partial charge < -0.3 is 14.6 Å². The van der Waals surface area contributed by atoms with Crippen molar-refractivity contribution < 1.29 is 9.53 Å². The molecule has 29 heavy (non-hydrogen) atoms. The number of likely N-dealkylation sites (tertiary alicyclic amines) is 1. The molecule has 0 unspecified atom stereocenters. The predicted molar refractivity (Wildman–Crippen MR) is 112 cm³/mol. The average molecular weight is 400 g/mol. The van der Waals surface area contributed by atoms with Crippen LogP contribution in [0.3, 0.4) is 0 Å². The molecule has 0 bridgehead atoms. The fourth-order valence-electron chi connectivity index (χ4n) is 3.69. The molecule has 1 saturated heterocycles. The molecule has 7 nitrogen and oxygen atoms in total. The largest absolute Gasteiger partial charge is 0.492 e. The average Bonchev–Trinajstić information content (AvgIpc) is 3.10. The molecule has 1 amide bonds. The zero-order valence-corrected chi connectivity index (χ0v) is 18.0. The van der Waals surface area contributed by atoms with Gasteiger partial charge in [0, 0.05) is 50.7 Å². The van der Waals surface area contributed by atoms with Gasteiger partial charge in [-0.15, -0.1) is 0 Å². The minimum Gasteiger partial charge on any atom is -0.492 e. The monoisotopic (exact) mass is 399 g/mol. The lowest BCUT2D eigenvalue weighted by molar-refractivity contribution is -0.128. The highest BCUT2D eigenvalue weighted by Crippen LogP contribution is 2.25. The molecule has 158 valence electrons. The summed E-state index contributed by atoms with van der Waals surface area (Å²) in [6.07, 6.45) is 6.37. The summed E-state index contributed by atoms with van der Waals surface area (Å²) in [7, 11) is 2.00. The lowest BCUT2D eigenvalue weighted by atomic mass is 9.88. The normalized spacial score (nSPS) is 20.0. The maximum absolute atomic E-state index is 12.8. The fourth-order valence-corrected chi connectivity index (χ4v) is 3.69. The van der Waals surface area contributed by atoms with Crippen molar-refractivity contribution in [2.24, 2.45) is 24.8 Å². The second kappa shape index (κ2) is 9.87. The van der Waals surface area contributed by atoms with Crippen LogP contribution < -0.4 is 10.1 Å². The molecule has 2 aromatic heterocycles. The maximum Gasteiger partial charge on any atom is 0.224 e. The molecule has 1 N–H and O–H groups in total. The summed E-state index contributed by atoms with van der Waals surface area (Å²) in [5, 5.41) is 3.11. The number of piperidine rings is 1. The van der Waals surface area contributed by atoms with E-state index in [1.807, 2.05) is 43.1 Å². The summed E-state index contributed by atoms with van der Waals surface area (Å²) in [6, 6.07) is 3.90. The van der Waals surface area contributed by atoms with Gasteiger partial charge in [-0.1, -0.05) is 13.8 Å². The van der Waals surface area contributed by atoms with Crippen LogP contribution in [0.2, 0.25) is 0 Å². The van der Waals surface area contributed by atoms with E-state index in [1.54, 1.807) is 6.20 Å². The van der Waals surface area contributed by atoms with E-state index in [-0.39, 0.29) is 17.7 Å². The SMILES string of the molecule is Cc1ccc(OC[C@H]2C[C@@H](C(=O)NCC(C)C)CN(Cc3nccn3C)C2)cn1. The van der Waals surface area contributed by atoms with E-state index >= 15 is 0 Å². The van der Waals surface area contributed by atoms with E-state index in [2.05, 4.69) is 34.0 Å². The van der Waals surface area contributed by atoms with E-state index in [9.17, 15) is 4.79 Å². The minimum atomic E-state index is -0.0347. The number of carbonyl (C=O) groups is 1. The summed E-state index contributed by atoms with van der Waals surface area (Å²) in [4.78, 5) is 23.8. The number of hydrogen-bond donors (Lipinski definition) is 1. The van der Waals surface area contributed by atoms with Gasteiger partial charge in [-0.05, 0) is 31.4 Å². The molecule has 1 aliphatic heterocycles. The molecule has 0 spiro atoms. The van der Waals surface area contributed by atoms with Gasteiger partial charge in [0.25, 0.3) is 0 Å². The number of aromatic nitrogens is 3. The highest BCUT2D eigenvalue weighted by Gasteiger charge is 2.32. The Labute approximate surface area is 173 Å². The third-order valence-electron chi connectivity index (χ3n) is 5.32. The van der Waals surface area contributed by atoms with Gasteiger partial charge in [-0.3, -0.25) is 14.7 Å². The van der Waals surface area contributed by atoms with Crippen molar-refractivity contribution in [2.75, 3.05) is 26.2 Å².